The van der Waals surface area contributed by atoms with E-state index in [4.69, 9.17) is 0 Å². The van der Waals surface area contributed by atoms with E-state index in [0.717, 1.165) is 56.0 Å². The quantitative estimate of drug-likeness (QED) is 0.123. The van der Waals surface area contributed by atoms with Gasteiger partial charge in [-0.05, 0) is 175 Å². The Labute approximate surface area is 578 Å². The fourth-order valence-electron chi connectivity index (χ4n) is 16.1. The van der Waals surface area contributed by atoms with Gasteiger partial charge < -0.3 is 18.3 Å². The van der Waals surface area contributed by atoms with Crippen LogP contribution in [-0.4, -0.2) is 18.3 Å². The summed E-state index contributed by atoms with van der Waals surface area (Å²) in [6.07, 6.45) is 0. The molecule has 20 aromatic rings. The van der Waals surface area contributed by atoms with Crippen molar-refractivity contribution in [1.29, 1.82) is 0 Å². The summed E-state index contributed by atoms with van der Waals surface area (Å²) < 4.78 is 9.92. The molecule has 4 heterocycles. The lowest BCUT2D eigenvalue weighted by Gasteiger charge is -2.13. The van der Waals surface area contributed by atoms with Crippen molar-refractivity contribution in [1.82, 2.24) is 18.3 Å². The topological polar surface area (TPSA) is 19.7 Å². The van der Waals surface area contributed by atoms with E-state index in [1.54, 1.807) is 0 Å². The van der Waals surface area contributed by atoms with E-state index < -0.39 is 0 Å². The van der Waals surface area contributed by atoms with Crippen LogP contribution >= 0.6 is 0 Å². The molecule has 16 aromatic carbocycles. The second-order valence-corrected chi connectivity index (χ2v) is 26.4. The van der Waals surface area contributed by atoms with Gasteiger partial charge in [0.15, 0.2) is 0 Å². The van der Waals surface area contributed by atoms with Gasteiger partial charge >= 0.3 is 0 Å². The zero-order chi connectivity index (χ0) is 65.8. The highest BCUT2D eigenvalue weighted by molar-refractivity contribution is 6.28. The Hall–Kier alpha value is -13.3. The van der Waals surface area contributed by atoms with Crippen LogP contribution in [0.3, 0.4) is 0 Å². The van der Waals surface area contributed by atoms with Crippen LogP contribution in [0.4, 0.5) is 0 Å². The maximum Gasteiger partial charge on any atom is 0.0641 e. The van der Waals surface area contributed by atoms with E-state index in [1.807, 2.05) is 0 Å². The molecule has 4 aromatic heterocycles. The summed E-state index contributed by atoms with van der Waals surface area (Å²) >= 11 is 0. The Morgan fingerprint density at radius 1 is 0.130 bits per heavy atom. The van der Waals surface area contributed by atoms with Gasteiger partial charge in [0, 0.05) is 65.8 Å². The van der Waals surface area contributed by atoms with Gasteiger partial charge in [-0.3, -0.25) is 0 Å². The Bertz CT molecular complexity index is 6590. The third kappa shape index (κ3) is 9.30. The SMILES string of the molecule is c1ccc(-c2ccc(-c3ccc(-n4c5ccccc5c5c4ccc4c6ccc(-c7cccc(-c8cccc(-c9ccc(-n%10c%11ccccc%11c%11c%10ccc%10c%12ccccc%12n(-c%12cccc(-c%13ccccc%13)c%12)c%10%11)cc9)c8)c7)cc6n(-c6cccc(-c7ccccc7)c6)c45)cc3)cc2)cc1. The zero-order valence-electron chi connectivity index (χ0n) is 54.6. The van der Waals surface area contributed by atoms with Crippen molar-refractivity contribution >= 4 is 87.2 Å². The molecule has 0 spiro atoms. The van der Waals surface area contributed by atoms with Crippen molar-refractivity contribution < 1.29 is 0 Å². The average molecular weight is 1270 g/mol. The van der Waals surface area contributed by atoms with Crippen LogP contribution in [0.1, 0.15) is 0 Å². The number of fused-ring (bicyclic) bond motifs is 14. The number of para-hydroxylation sites is 3. The van der Waals surface area contributed by atoms with Crippen molar-refractivity contribution in [3.63, 3.8) is 0 Å². The summed E-state index contributed by atoms with van der Waals surface area (Å²) in [6.45, 7) is 0. The monoisotopic (exact) mass is 1270 g/mol. The molecule has 20 rings (SSSR count). The van der Waals surface area contributed by atoms with Crippen molar-refractivity contribution in [2.75, 3.05) is 0 Å². The maximum absolute atomic E-state index is 2.54. The van der Waals surface area contributed by atoms with E-state index in [-0.39, 0.29) is 0 Å². The maximum atomic E-state index is 2.54. The van der Waals surface area contributed by atoms with Crippen molar-refractivity contribution in [2.24, 2.45) is 0 Å². The van der Waals surface area contributed by atoms with Crippen molar-refractivity contribution in [2.45, 2.75) is 0 Å². The van der Waals surface area contributed by atoms with Crippen LogP contribution in [0.5, 0.6) is 0 Å². The molecule has 0 saturated carbocycles. The van der Waals surface area contributed by atoms with Crippen LogP contribution in [-0.2, 0) is 0 Å². The summed E-state index contributed by atoms with van der Waals surface area (Å²) in [4.78, 5) is 0. The van der Waals surface area contributed by atoms with E-state index >= 15 is 0 Å². The second-order valence-electron chi connectivity index (χ2n) is 26.4. The van der Waals surface area contributed by atoms with E-state index in [1.165, 1.54) is 132 Å². The number of nitrogens with zero attached hydrogens (tertiary/aromatic N) is 4. The van der Waals surface area contributed by atoms with Gasteiger partial charge in [0.1, 0.15) is 0 Å². The van der Waals surface area contributed by atoms with Crippen molar-refractivity contribution in [3.05, 3.63) is 376 Å². The Morgan fingerprint density at radius 3 is 0.860 bits per heavy atom. The van der Waals surface area contributed by atoms with Crippen LogP contribution in [0.25, 0.3) is 188 Å². The molecule has 0 N–H and O–H groups in total. The lowest BCUT2D eigenvalue weighted by Crippen LogP contribution is -1.96. The third-order valence-electron chi connectivity index (χ3n) is 20.8. The molecule has 0 saturated heterocycles. The Balaban J connectivity index is 0.669. The molecule has 0 aliphatic carbocycles. The first-order valence-corrected chi connectivity index (χ1v) is 34.5. The summed E-state index contributed by atoms with van der Waals surface area (Å²) in [7, 11) is 0. The summed E-state index contributed by atoms with van der Waals surface area (Å²) in [5.74, 6) is 0. The van der Waals surface area contributed by atoms with Crippen LogP contribution in [0.2, 0.25) is 0 Å². The molecule has 4 nitrogen and oxygen atoms in total. The van der Waals surface area contributed by atoms with Crippen LogP contribution in [0, 0.1) is 0 Å². The van der Waals surface area contributed by atoms with Gasteiger partial charge in [-0.25, -0.2) is 0 Å². The van der Waals surface area contributed by atoms with Gasteiger partial charge in [0.25, 0.3) is 0 Å². The third-order valence-corrected chi connectivity index (χ3v) is 20.8. The van der Waals surface area contributed by atoms with Crippen LogP contribution in [0.15, 0.2) is 376 Å². The van der Waals surface area contributed by atoms with E-state index in [0.29, 0.717) is 0 Å². The molecule has 0 unspecified atom stereocenters. The second kappa shape index (κ2) is 23.2. The molecule has 0 atom stereocenters. The molecule has 0 aliphatic heterocycles. The minimum absolute atomic E-state index is 1.11. The molecular formula is C96H62N4. The molecule has 0 aliphatic rings. The van der Waals surface area contributed by atoms with Gasteiger partial charge in [0.2, 0.25) is 0 Å². The largest absolute Gasteiger partial charge is 0.309 e. The van der Waals surface area contributed by atoms with Crippen molar-refractivity contribution in [3.8, 4) is 101 Å². The number of hydrogen-bond donors (Lipinski definition) is 0. The van der Waals surface area contributed by atoms with Gasteiger partial charge in [0.05, 0.1) is 44.1 Å². The fraction of sp³-hybridized carbons (Fsp3) is 0. The lowest BCUT2D eigenvalue weighted by atomic mass is 9.96. The first-order chi connectivity index (χ1) is 49.6. The van der Waals surface area contributed by atoms with Gasteiger partial charge in [-0.15, -0.1) is 0 Å². The highest BCUT2D eigenvalue weighted by Gasteiger charge is 2.24. The predicted molar refractivity (Wildman–Crippen MR) is 422 cm³/mol. The first-order valence-electron chi connectivity index (χ1n) is 34.5. The Morgan fingerprint density at radius 2 is 0.410 bits per heavy atom. The Kier molecular flexibility index (Phi) is 13.2. The van der Waals surface area contributed by atoms with E-state index in [2.05, 4.69) is 394 Å². The summed E-state index contributed by atoms with van der Waals surface area (Å²) in [6, 6.07) is 138. The normalized spacial score (nSPS) is 11.8. The molecule has 100 heavy (non-hydrogen) atoms. The molecule has 0 radical (unpaired) electrons. The van der Waals surface area contributed by atoms with E-state index in [9.17, 15) is 0 Å². The first kappa shape index (κ1) is 57.0. The standard InChI is InChI=1S/C96H62N4/c1-4-20-63(21-5-1)66-40-42-67(43-41-66)68-44-49-77(50-45-68)97-89-39-15-12-36-86(89)94-91(97)57-55-84-82-53-48-76(62-92(82)100(96(84)94)80-33-19-31-75(61-80)65-24-8-3-9-25-65)73-29-17-28-72(59-73)71-27-16-26-70(58-71)69-46-51-78(52-47-69)98-88-38-14-11-35-85(88)93-90(98)56-54-83-81-34-10-13-37-87(81)99(95(83)93)79-32-18-30-74(60-79)64-22-6-2-7-23-64/h1-62H. The molecule has 4 heteroatoms. The molecule has 466 valence electrons. The predicted octanol–water partition coefficient (Wildman–Crippen LogP) is 25.7. The van der Waals surface area contributed by atoms with Crippen LogP contribution < -0.4 is 0 Å². The summed E-state index contributed by atoms with van der Waals surface area (Å²) in [5.41, 5.74) is 30.5. The highest BCUT2D eigenvalue weighted by atomic mass is 15.0. The smallest absolute Gasteiger partial charge is 0.0641 e. The average Bonchev–Trinajstić information content (AvgIpc) is 1.55. The zero-order valence-corrected chi connectivity index (χ0v) is 54.6. The summed E-state index contributed by atoms with van der Waals surface area (Å²) in [5, 5.41) is 9.81. The lowest BCUT2D eigenvalue weighted by molar-refractivity contribution is 1.17. The molecular weight excluding hydrogens is 1210 g/mol. The number of benzene rings is 16. The van der Waals surface area contributed by atoms with Gasteiger partial charge in [-0.2, -0.15) is 0 Å². The number of aromatic nitrogens is 4. The highest BCUT2D eigenvalue weighted by Crippen LogP contribution is 2.46. The molecule has 0 amide bonds. The molecule has 0 fully saturated rings. The van der Waals surface area contributed by atoms with Gasteiger partial charge in [-0.1, -0.05) is 279 Å². The minimum Gasteiger partial charge on any atom is -0.309 e. The number of hydrogen-bond acceptors (Lipinski definition) is 0. The fourth-order valence-corrected chi connectivity index (χ4v) is 16.1. The minimum atomic E-state index is 1.11. The number of rotatable bonds is 11. The molecule has 0 bridgehead atoms.